The Morgan fingerprint density at radius 1 is 0.903 bits per heavy atom. The van der Waals surface area contributed by atoms with Crippen LogP contribution in [0.4, 0.5) is 0 Å². The molecule has 2 aromatic heterocycles. The van der Waals surface area contributed by atoms with Gasteiger partial charge in [-0.2, -0.15) is 0 Å². The standard InChI is InChI=1S/C23H21N5O3/c1-16-7-9-17(10-8-16)13-26-19(29)15-27-21-20(24-11-12-25-21)22(30)28(23(27)31)14-18-5-3-2-4-6-18/h2-12H,13-15H2,1H3,(H,26,29). The van der Waals surface area contributed by atoms with Gasteiger partial charge in [-0.1, -0.05) is 60.2 Å². The average molecular weight is 415 g/mol. The van der Waals surface area contributed by atoms with E-state index in [1.807, 2.05) is 61.5 Å². The molecule has 1 amide bonds. The molecule has 0 atom stereocenters. The topological polar surface area (TPSA) is 98.9 Å². The van der Waals surface area contributed by atoms with Crippen molar-refractivity contribution in [2.24, 2.45) is 0 Å². The molecule has 0 aliphatic rings. The summed E-state index contributed by atoms with van der Waals surface area (Å²) in [5.41, 5.74) is 1.87. The van der Waals surface area contributed by atoms with Crippen molar-refractivity contribution < 1.29 is 4.79 Å². The molecule has 0 unspecified atom stereocenters. The van der Waals surface area contributed by atoms with Crippen LogP contribution in [-0.4, -0.2) is 25.0 Å². The predicted octanol–water partition coefficient (Wildman–Crippen LogP) is 1.63. The molecule has 4 rings (SSSR count). The smallest absolute Gasteiger partial charge is 0.333 e. The van der Waals surface area contributed by atoms with E-state index >= 15 is 0 Å². The molecule has 0 spiro atoms. The first-order chi connectivity index (χ1) is 15.0. The Kier molecular flexibility index (Phi) is 5.70. The lowest BCUT2D eigenvalue weighted by Gasteiger charge is -2.13. The van der Waals surface area contributed by atoms with Crippen molar-refractivity contribution >= 4 is 17.1 Å². The van der Waals surface area contributed by atoms with E-state index in [9.17, 15) is 14.4 Å². The van der Waals surface area contributed by atoms with Gasteiger partial charge in [0, 0.05) is 18.9 Å². The molecule has 2 heterocycles. The summed E-state index contributed by atoms with van der Waals surface area (Å²) in [5, 5.41) is 2.81. The van der Waals surface area contributed by atoms with Gasteiger partial charge in [-0.3, -0.25) is 18.7 Å². The summed E-state index contributed by atoms with van der Waals surface area (Å²) in [4.78, 5) is 46.9. The summed E-state index contributed by atoms with van der Waals surface area (Å²) >= 11 is 0. The van der Waals surface area contributed by atoms with Crippen LogP contribution in [0, 0.1) is 6.92 Å². The number of amides is 1. The molecular weight excluding hydrogens is 394 g/mol. The van der Waals surface area contributed by atoms with Crippen LogP contribution in [0.5, 0.6) is 0 Å². The first kappa shape index (κ1) is 20.2. The number of benzene rings is 2. The number of fused-ring (bicyclic) bond motifs is 1. The van der Waals surface area contributed by atoms with Crippen molar-refractivity contribution in [3.63, 3.8) is 0 Å². The molecule has 8 nitrogen and oxygen atoms in total. The Morgan fingerprint density at radius 2 is 1.61 bits per heavy atom. The quantitative estimate of drug-likeness (QED) is 0.516. The number of aromatic nitrogens is 4. The highest BCUT2D eigenvalue weighted by atomic mass is 16.2. The van der Waals surface area contributed by atoms with Gasteiger partial charge in [-0.25, -0.2) is 14.8 Å². The second-order valence-electron chi connectivity index (χ2n) is 7.24. The largest absolute Gasteiger partial charge is 0.350 e. The van der Waals surface area contributed by atoms with Gasteiger partial charge < -0.3 is 5.32 Å². The fourth-order valence-corrected chi connectivity index (χ4v) is 3.28. The average Bonchev–Trinajstić information content (AvgIpc) is 2.80. The van der Waals surface area contributed by atoms with Gasteiger partial charge in [-0.15, -0.1) is 0 Å². The summed E-state index contributed by atoms with van der Waals surface area (Å²) in [7, 11) is 0. The lowest BCUT2D eigenvalue weighted by atomic mass is 10.1. The van der Waals surface area contributed by atoms with E-state index in [0.29, 0.717) is 6.54 Å². The number of nitrogens with one attached hydrogen (secondary N) is 1. The number of hydrogen-bond acceptors (Lipinski definition) is 5. The van der Waals surface area contributed by atoms with Gasteiger partial charge in [0.05, 0.1) is 6.54 Å². The normalized spacial score (nSPS) is 10.9. The highest BCUT2D eigenvalue weighted by Crippen LogP contribution is 2.05. The van der Waals surface area contributed by atoms with Gasteiger partial charge in [0.15, 0.2) is 11.2 Å². The van der Waals surface area contributed by atoms with Crippen LogP contribution in [0.2, 0.25) is 0 Å². The number of carbonyl (C=O) groups is 1. The SMILES string of the molecule is Cc1ccc(CNC(=O)Cn2c(=O)n(Cc3ccccc3)c(=O)c3nccnc32)cc1. The van der Waals surface area contributed by atoms with Crippen LogP contribution in [0.15, 0.2) is 76.6 Å². The zero-order valence-electron chi connectivity index (χ0n) is 17.0. The van der Waals surface area contributed by atoms with Crippen LogP contribution in [0.1, 0.15) is 16.7 Å². The molecule has 0 aliphatic carbocycles. The van der Waals surface area contributed by atoms with Crippen LogP contribution in [0.3, 0.4) is 0 Å². The number of carbonyl (C=O) groups excluding carboxylic acids is 1. The zero-order valence-corrected chi connectivity index (χ0v) is 17.0. The van der Waals surface area contributed by atoms with Crippen LogP contribution in [-0.2, 0) is 24.4 Å². The number of hydrogen-bond donors (Lipinski definition) is 1. The third kappa shape index (κ3) is 4.42. The van der Waals surface area contributed by atoms with Crippen molar-refractivity contribution in [3.05, 3.63) is 105 Å². The minimum absolute atomic E-state index is 0.0457. The molecule has 0 radical (unpaired) electrons. The monoisotopic (exact) mass is 415 g/mol. The molecule has 0 aliphatic heterocycles. The Morgan fingerprint density at radius 3 is 2.35 bits per heavy atom. The maximum atomic E-state index is 13.1. The molecule has 31 heavy (non-hydrogen) atoms. The molecule has 4 aromatic rings. The van der Waals surface area contributed by atoms with Crippen molar-refractivity contribution in [2.45, 2.75) is 26.6 Å². The molecular formula is C23H21N5O3. The summed E-state index contributed by atoms with van der Waals surface area (Å²) in [5.74, 6) is -0.362. The summed E-state index contributed by atoms with van der Waals surface area (Å²) in [6.45, 7) is 2.14. The molecule has 0 saturated carbocycles. The lowest BCUT2D eigenvalue weighted by molar-refractivity contribution is -0.121. The number of nitrogens with zero attached hydrogens (tertiary/aromatic N) is 4. The fraction of sp³-hybridized carbons (Fsp3) is 0.174. The Bertz CT molecular complexity index is 1340. The lowest BCUT2D eigenvalue weighted by Crippen LogP contribution is -2.43. The van der Waals surface area contributed by atoms with Gasteiger partial charge in [0.25, 0.3) is 5.56 Å². The van der Waals surface area contributed by atoms with E-state index in [1.165, 1.54) is 17.0 Å². The van der Waals surface area contributed by atoms with Gasteiger partial charge >= 0.3 is 5.69 Å². The van der Waals surface area contributed by atoms with Gasteiger partial charge in [-0.05, 0) is 18.1 Å². The molecule has 0 fully saturated rings. The van der Waals surface area contributed by atoms with Crippen molar-refractivity contribution in [1.82, 2.24) is 24.4 Å². The maximum absolute atomic E-state index is 13.1. The Hall–Kier alpha value is -4.07. The van der Waals surface area contributed by atoms with Crippen molar-refractivity contribution in [2.75, 3.05) is 0 Å². The Labute approximate surface area is 177 Å². The first-order valence-corrected chi connectivity index (χ1v) is 9.83. The number of aryl methyl sites for hydroxylation is 1. The van der Waals surface area contributed by atoms with Crippen molar-refractivity contribution in [3.8, 4) is 0 Å². The second kappa shape index (κ2) is 8.74. The van der Waals surface area contributed by atoms with E-state index in [4.69, 9.17) is 0 Å². The van der Waals surface area contributed by atoms with Gasteiger partial charge in [0.2, 0.25) is 5.91 Å². The minimum Gasteiger partial charge on any atom is -0.350 e. The summed E-state index contributed by atoms with van der Waals surface area (Å²) in [6.07, 6.45) is 2.78. The van der Waals surface area contributed by atoms with Crippen LogP contribution >= 0.6 is 0 Å². The Balaban J connectivity index is 1.66. The highest BCUT2D eigenvalue weighted by molar-refractivity contribution is 5.78. The first-order valence-electron chi connectivity index (χ1n) is 9.83. The molecule has 0 saturated heterocycles. The van der Waals surface area contributed by atoms with Crippen molar-refractivity contribution in [1.29, 1.82) is 0 Å². The third-order valence-corrected chi connectivity index (χ3v) is 4.94. The summed E-state index contributed by atoms with van der Waals surface area (Å²) < 4.78 is 2.27. The molecule has 1 N–H and O–H groups in total. The fourth-order valence-electron chi connectivity index (χ4n) is 3.28. The maximum Gasteiger partial charge on any atom is 0.333 e. The molecule has 0 bridgehead atoms. The van der Waals surface area contributed by atoms with Crippen LogP contribution < -0.4 is 16.6 Å². The minimum atomic E-state index is -0.604. The van der Waals surface area contributed by atoms with E-state index in [1.54, 1.807) is 0 Å². The molecule has 8 heteroatoms. The summed E-state index contributed by atoms with van der Waals surface area (Å²) in [6, 6.07) is 17.0. The van der Waals surface area contributed by atoms with E-state index in [-0.39, 0.29) is 30.2 Å². The molecule has 2 aromatic carbocycles. The van der Waals surface area contributed by atoms with E-state index < -0.39 is 11.2 Å². The highest BCUT2D eigenvalue weighted by Gasteiger charge is 2.17. The second-order valence-corrected chi connectivity index (χ2v) is 7.24. The van der Waals surface area contributed by atoms with Crippen LogP contribution in [0.25, 0.3) is 11.2 Å². The number of rotatable bonds is 6. The zero-order chi connectivity index (χ0) is 21.8. The molecule has 156 valence electrons. The van der Waals surface area contributed by atoms with Gasteiger partial charge in [0.1, 0.15) is 6.54 Å². The van der Waals surface area contributed by atoms with E-state index in [2.05, 4.69) is 15.3 Å². The predicted molar refractivity (Wildman–Crippen MR) is 117 cm³/mol. The third-order valence-electron chi connectivity index (χ3n) is 4.94. The van der Waals surface area contributed by atoms with E-state index in [0.717, 1.165) is 21.3 Å².